The molecule has 1 heterocycles. The van der Waals surface area contributed by atoms with Gasteiger partial charge in [0.2, 0.25) is 5.91 Å². The third-order valence-electron chi connectivity index (χ3n) is 1.52. The van der Waals surface area contributed by atoms with Crippen LogP contribution in [-0.4, -0.2) is 27.4 Å². The van der Waals surface area contributed by atoms with Gasteiger partial charge >= 0.3 is 6.03 Å². The second kappa shape index (κ2) is 3.38. The number of carbonyl (C=O) groups is 2. The molecule has 1 aliphatic heterocycles. The molecule has 0 bridgehead atoms. The molecular formula is C6H9IN2O2. The van der Waals surface area contributed by atoms with Gasteiger partial charge in [0.1, 0.15) is 0 Å². The average molecular weight is 268 g/mol. The monoisotopic (exact) mass is 268 g/mol. The third-order valence-corrected chi connectivity index (χ3v) is 2.19. The molecule has 1 N–H and O–H groups in total. The molecule has 0 spiro atoms. The second-order valence-corrected chi connectivity index (χ2v) is 4.17. The van der Waals surface area contributed by atoms with E-state index >= 15 is 0 Å². The summed E-state index contributed by atoms with van der Waals surface area (Å²) >= 11 is 2.14. The van der Waals surface area contributed by atoms with E-state index in [4.69, 9.17) is 0 Å². The van der Waals surface area contributed by atoms with Crippen molar-refractivity contribution in [3.8, 4) is 0 Å². The minimum absolute atomic E-state index is 0.140. The molecule has 62 valence electrons. The Kier molecular flexibility index (Phi) is 2.69. The van der Waals surface area contributed by atoms with Gasteiger partial charge in [-0.1, -0.05) is 22.6 Å². The Morgan fingerprint density at radius 1 is 1.64 bits per heavy atom. The fraction of sp³-hybridized carbons (Fsp3) is 0.667. The van der Waals surface area contributed by atoms with Crippen molar-refractivity contribution in [2.45, 2.75) is 17.4 Å². The number of carbonyl (C=O) groups excluding carboxylic acids is 2. The molecule has 3 amide bonds. The van der Waals surface area contributed by atoms with E-state index in [0.29, 0.717) is 13.0 Å². The zero-order valence-electron chi connectivity index (χ0n) is 6.13. The number of rotatable bonds is 1. The van der Waals surface area contributed by atoms with Crippen LogP contribution in [0.3, 0.4) is 0 Å². The molecule has 0 aliphatic carbocycles. The van der Waals surface area contributed by atoms with Crippen molar-refractivity contribution in [2.24, 2.45) is 0 Å². The molecule has 0 saturated carbocycles. The van der Waals surface area contributed by atoms with Crippen LogP contribution in [0.4, 0.5) is 4.79 Å². The van der Waals surface area contributed by atoms with Crippen LogP contribution in [0, 0.1) is 0 Å². The molecule has 1 saturated heterocycles. The van der Waals surface area contributed by atoms with Gasteiger partial charge in [0.05, 0.1) is 4.05 Å². The molecular weight excluding hydrogens is 259 g/mol. The Hall–Kier alpha value is -0.330. The molecule has 1 atom stereocenters. The Labute approximate surface area is 78.5 Å². The lowest BCUT2D eigenvalue weighted by atomic mass is 10.3. The largest absolute Gasteiger partial charge is 0.324 e. The zero-order chi connectivity index (χ0) is 8.43. The van der Waals surface area contributed by atoms with Crippen LogP contribution in [0.2, 0.25) is 0 Å². The molecule has 1 rings (SSSR count). The summed E-state index contributed by atoms with van der Waals surface area (Å²) in [5, 5.41) is 2.25. The van der Waals surface area contributed by atoms with E-state index in [1.54, 1.807) is 4.90 Å². The second-order valence-electron chi connectivity index (χ2n) is 2.37. The molecule has 1 fully saturated rings. The number of amides is 3. The highest BCUT2D eigenvalue weighted by Gasteiger charge is 2.24. The first-order chi connectivity index (χ1) is 5.11. The summed E-state index contributed by atoms with van der Waals surface area (Å²) in [6.45, 7) is 2.45. The lowest BCUT2D eigenvalue weighted by Gasteiger charge is -2.28. The maximum absolute atomic E-state index is 11.0. The lowest BCUT2D eigenvalue weighted by Crippen LogP contribution is -2.51. The van der Waals surface area contributed by atoms with Crippen LogP contribution in [0.15, 0.2) is 0 Å². The van der Waals surface area contributed by atoms with Crippen LogP contribution in [0.5, 0.6) is 0 Å². The maximum Gasteiger partial charge on any atom is 0.324 e. The number of alkyl halides is 1. The Bertz CT molecular complexity index is 193. The van der Waals surface area contributed by atoms with Gasteiger partial charge in [0, 0.05) is 13.0 Å². The minimum atomic E-state index is -0.275. The molecule has 1 unspecified atom stereocenters. The van der Waals surface area contributed by atoms with E-state index in [9.17, 15) is 9.59 Å². The lowest BCUT2D eigenvalue weighted by molar-refractivity contribution is -0.121. The zero-order valence-corrected chi connectivity index (χ0v) is 8.29. The van der Waals surface area contributed by atoms with Gasteiger partial charge in [-0.15, -0.1) is 0 Å². The highest BCUT2D eigenvalue weighted by Crippen LogP contribution is 2.10. The number of hydrogen-bond acceptors (Lipinski definition) is 2. The SMILES string of the molecule is CC(I)N1CCC(=O)NC1=O. The third kappa shape index (κ3) is 2.05. The number of nitrogens with zero attached hydrogens (tertiary/aromatic N) is 1. The van der Waals surface area contributed by atoms with Crippen molar-refractivity contribution in [1.82, 2.24) is 10.2 Å². The summed E-state index contributed by atoms with van der Waals surface area (Å²) in [5.74, 6) is -0.177. The van der Waals surface area contributed by atoms with Gasteiger partial charge in [0.25, 0.3) is 0 Å². The van der Waals surface area contributed by atoms with Crippen molar-refractivity contribution in [3.05, 3.63) is 0 Å². The minimum Gasteiger partial charge on any atom is -0.312 e. The molecule has 5 heteroatoms. The Morgan fingerprint density at radius 3 is 2.73 bits per heavy atom. The quantitative estimate of drug-likeness (QED) is 0.432. The average Bonchev–Trinajstić information content (AvgIpc) is 1.85. The normalized spacial score (nSPS) is 21.5. The molecule has 1 aliphatic rings. The molecule has 0 aromatic carbocycles. The first-order valence-electron chi connectivity index (χ1n) is 3.36. The Morgan fingerprint density at radius 2 is 2.27 bits per heavy atom. The number of imide groups is 1. The first kappa shape index (κ1) is 8.76. The van der Waals surface area contributed by atoms with Crippen molar-refractivity contribution in [2.75, 3.05) is 6.54 Å². The highest BCUT2D eigenvalue weighted by molar-refractivity contribution is 14.1. The van der Waals surface area contributed by atoms with Gasteiger partial charge in [-0.2, -0.15) is 0 Å². The van der Waals surface area contributed by atoms with E-state index in [0.717, 1.165) is 0 Å². The molecule has 4 nitrogen and oxygen atoms in total. The molecule has 0 radical (unpaired) electrons. The van der Waals surface area contributed by atoms with Crippen LogP contribution in [0.1, 0.15) is 13.3 Å². The standard InChI is InChI=1S/C6H9IN2O2/c1-4(7)9-3-2-5(10)8-6(9)11/h4H,2-3H2,1H3,(H,8,10,11). The van der Waals surface area contributed by atoms with E-state index in [1.807, 2.05) is 6.92 Å². The topological polar surface area (TPSA) is 49.4 Å². The Balaban J connectivity index is 2.57. The summed E-state index contributed by atoms with van der Waals surface area (Å²) in [6.07, 6.45) is 0.416. The highest BCUT2D eigenvalue weighted by atomic mass is 127. The molecule has 11 heavy (non-hydrogen) atoms. The molecule has 0 aromatic rings. The van der Waals surface area contributed by atoms with Gasteiger partial charge in [-0.3, -0.25) is 10.1 Å². The summed E-state index contributed by atoms with van der Waals surface area (Å²) in [5.41, 5.74) is 0. The van der Waals surface area contributed by atoms with Gasteiger partial charge in [-0.25, -0.2) is 4.79 Å². The van der Waals surface area contributed by atoms with E-state index < -0.39 is 0 Å². The van der Waals surface area contributed by atoms with E-state index in [-0.39, 0.29) is 16.0 Å². The first-order valence-corrected chi connectivity index (χ1v) is 4.60. The van der Waals surface area contributed by atoms with Crippen molar-refractivity contribution in [3.63, 3.8) is 0 Å². The van der Waals surface area contributed by atoms with E-state index in [2.05, 4.69) is 27.9 Å². The van der Waals surface area contributed by atoms with Crippen LogP contribution in [0.25, 0.3) is 0 Å². The predicted octanol–water partition coefficient (Wildman–Crippen LogP) is 0.709. The number of nitrogens with one attached hydrogen (secondary N) is 1. The smallest absolute Gasteiger partial charge is 0.312 e. The summed E-state index contributed by atoms with van der Waals surface area (Å²) in [4.78, 5) is 23.3. The fourth-order valence-corrected chi connectivity index (χ4v) is 1.45. The number of urea groups is 1. The van der Waals surface area contributed by atoms with Gasteiger partial charge in [0.15, 0.2) is 0 Å². The molecule has 0 aromatic heterocycles. The van der Waals surface area contributed by atoms with Crippen LogP contribution >= 0.6 is 22.6 Å². The van der Waals surface area contributed by atoms with E-state index in [1.165, 1.54) is 0 Å². The van der Waals surface area contributed by atoms with Crippen molar-refractivity contribution >= 4 is 34.5 Å². The van der Waals surface area contributed by atoms with Crippen molar-refractivity contribution < 1.29 is 9.59 Å². The maximum atomic E-state index is 11.0. The summed E-state index contributed by atoms with van der Waals surface area (Å²) < 4.78 is 0.140. The number of hydrogen-bond donors (Lipinski definition) is 1. The van der Waals surface area contributed by atoms with Gasteiger partial charge < -0.3 is 4.90 Å². The summed E-state index contributed by atoms with van der Waals surface area (Å²) in [7, 11) is 0. The number of halogens is 1. The van der Waals surface area contributed by atoms with Crippen molar-refractivity contribution in [1.29, 1.82) is 0 Å². The predicted molar refractivity (Wildman–Crippen MR) is 48.3 cm³/mol. The summed E-state index contributed by atoms with van der Waals surface area (Å²) in [6, 6.07) is -0.275. The van der Waals surface area contributed by atoms with Crippen LogP contribution < -0.4 is 5.32 Å². The van der Waals surface area contributed by atoms with Gasteiger partial charge in [-0.05, 0) is 6.92 Å². The fourth-order valence-electron chi connectivity index (χ4n) is 0.917. The van der Waals surface area contributed by atoms with Crippen LogP contribution in [-0.2, 0) is 4.79 Å².